The van der Waals surface area contributed by atoms with E-state index in [1.54, 1.807) is 6.92 Å². The number of benzene rings is 2. The monoisotopic (exact) mass is 252 g/mol. The van der Waals surface area contributed by atoms with Crippen molar-refractivity contribution in [1.29, 1.82) is 0 Å². The molecule has 0 fully saturated rings. The zero-order chi connectivity index (χ0) is 13.7. The van der Waals surface area contributed by atoms with Gasteiger partial charge in [0.2, 0.25) is 0 Å². The molecule has 1 heteroatoms. The minimum atomic E-state index is 0.112. The average Bonchev–Trinajstić information content (AvgIpc) is 2.46. The van der Waals surface area contributed by atoms with Gasteiger partial charge in [-0.3, -0.25) is 4.79 Å². The fourth-order valence-corrected chi connectivity index (χ4v) is 2.16. The summed E-state index contributed by atoms with van der Waals surface area (Å²) < 4.78 is 0. The fraction of sp³-hybridized carbons (Fsp3) is 0.278. The summed E-state index contributed by atoms with van der Waals surface area (Å²) in [5.41, 5.74) is 4.43. The van der Waals surface area contributed by atoms with Crippen molar-refractivity contribution in [2.75, 3.05) is 0 Å². The van der Waals surface area contributed by atoms with Crippen LogP contribution in [-0.4, -0.2) is 5.78 Å². The van der Waals surface area contributed by atoms with Crippen LogP contribution in [0, 0.1) is 0 Å². The summed E-state index contributed by atoms with van der Waals surface area (Å²) in [7, 11) is 0. The highest BCUT2D eigenvalue weighted by Crippen LogP contribution is 2.21. The van der Waals surface area contributed by atoms with Crippen molar-refractivity contribution in [3.63, 3.8) is 0 Å². The van der Waals surface area contributed by atoms with Crippen LogP contribution in [0.3, 0.4) is 0 Å². The molecule has 0 spiro atoms. The van der Waals surface area contributed by atoms with Gasteiger partial charge < -0.3 is 0 Å². The Balaban J connectivity index is 2.22. The van der Waals surface area contributed by atoms with Gasteiger partial charge in [0.25, 0.3) is 0 Å². The molecule has 2 aromatic rings. The molecule has 2 aromatic carbocycles. The average molecular weight is 252 g/mol. The first-order chi connectivity index (χ1) is 9.20. The predicted molar refractivity (Wildman–Crippen MR) is 80.5 cm³/mol. The molecule has 0 aliphatic carbocycles. The molecule has 0 atom stereocenters. The van der Waals surface area contributed by atoms with Crippen LogP contribution in [0.2, 0.25) is 0 Å². The molecule has 1 nitrogen and oxygen atoms in total. The number of hydrogen-bond donors (Lipinski definition) is 0. The van der Waals surface area contributed by atoms with E-state index in [4.69, 9.17) is 0 Å². The van der Waals surface area contributed by atoms with E-state index in [0.717, 1.165) is 17.5 Å². The van der Waals surface area contributed by atoms with Crippen LogP contribution in [0.25, 0.3) is 11.1 Å². The lowest BCUT2D eigenvalue weighted by molar-refractivity contribution is 0.101. The number of rotatable bonds is 5. The molecule has 0 aliphatic heterocycles. The van der Waals surface area contributed by atoms with Gasteiger partial charge >= 0.3 is 0 Å². The van der Waals surface area contributed by atoms with Gasteiger partial charge in [0.05, 0.1) is 0 Å². The predicted octanol–water partition coefficient (Wildman–Crippen LogP) is 4.90. The van der Waals surface area contributed by atoms with Gasteiger partial charge in [-0.25, -0.2) is 0 Å². The Morgan fingerprint density at radius 2 is 1.74 bits per heavy atom. The normalized spacial score (nSPS) is 10.4. The van der Waals surface area contributed by atoms with Crippen molar-refractivity contribution < 1.29 is 4.79 Å². The SMILES string of the molecule is CCCCc1ccc(-c2cccc(C(C)=O)c2)cc1. The molecule has 19 heavy (non-hydrogen) atoms. The Morgan fingerprint density at radius 3 is 2.37 bits per heavy atom. The third-order valence-electron chi connectivity index (χ3n) is 3.38. The third-order valence-corrected chi connectivity index (χ3v) is 3.38. The Morgan fingerprint density at radius 1 is 1.00 bits per heavy atom. The summed E-state index contributed by atoms with van der Waals surface area (Å²) in [4.78, 5) is 11.4. The molecule has 0 unspecified atom stereocenters. The largest absolute Gasteiger partial charge is 0.295 e. The number of hydrogen-bond acceptors (Lipinski definition) is 1. The smallest absolute Gasteiger partial charge is 0.159 e. The van der Waals surface area contributed by atoms with Gasteiger partial charge in [-0.2, -0.15) is 0 Å². The highest BCUT2D eigenvalue weighted by Gasteiger charge is 2.02. The van der Waals surface area contributed by atoms with Crippen LogP contribution >= 0.6 is 0 Å². The van der Waals surface area contributed by atoms with Crippen LogP contribution in [0.5, 0.6) is 0 Å². The van der Waals surface area contributed by atoms with Crippen LogP contribution in [0.1, 0.15) is 42.6 Å². The van der Waals surface area contributed by atoms with Gasteiger partial charge in [0, 0.05) is 5.56 Å². The minimum Gasteiger partial charge on any atom is -0.295 e. The van der Waals surface area contributed by atoms with E-state index >= 15 is 0 Å². The zero-order valence-corrected chi connectivity index (χ0v) is 11.6. The highest BCUT2D eigenvalue weighted by atomic mass is 16.1. The van der Waals surface area contributed by atoms with Crippen molar-refractivity contribution in [2.45, 2.75) is 33.1 Å². The maximum Gasteiger partial charge on any atom is 0.159 e. The number of carbonyl (C=O) groups is 1. The Hall–Kier alpha value is -1.89. The molecule has 0 amide bonds. The molecule has 0 saturated heterocycles. The number of Topliss-reactive ketones (excluding diaryl/α,β-unsaturated/α-hetero) is 1. The minimum absolute atomic E-state index is 0.112. The summed E-state index contributed by atoms with van der Waals surface area (Å²) in [6, 6.07) is 16.5. The van der Waals surface area contributed by atoms with Gasteiger partial charge in [-0.1, -0.05) is 55.8 Å². The molecule has 0 N–H and O–H groups in total. The van der Waals surface area contributed by atoms with Crippen molar-refractivity contribution in [3.05, 3.63) is 59.7 Å². The molecule has 98 valence electrons. The molecule has 0 aliphatic rings. The van der Waals surface area contributed by atoms with E-state index in [-0.39, 0.29) is 5.78 Å². The Kier molecular flexibility index (Phi) is 4.51. The Labute approximate surface area is 115 Å². The zero-order valence-electron chi connectivity index (χ0n) is 11.6. The first-order valence-electron chi connectivity index (χ1n) is 6.91. The third kappa shape index (κ3) is 3.54. The van der Waals surface area contributed by atoms with Crippen molar-refractivity contribution in [2.24, 2.45) is 0 Å². The summed E-state index contributed by atoms with van der Waals surface area (Å²) >= 11 is 0. The van der Waals surface area contributed by atoms with Gasteiger partial charge in [0.15, 0.2) is 5.78 Å². The molecule has 0 aromatic heterocycles. The standard InChI is InChI=1S/C18H20O/c1-3-4-6-15-9-11-16(12-10-15)18-8-5-7-17(13-18)14(2)19/h5,7-13H,3-4,6H2,1-2H3. The molecule has 0 bridgehead atoms. The van der Waals surface area contributed by atoms with E-state index in [1.165, 1.54) is 24.0 Å². The van der Waals surface area contributed by atoms with Gasteiger partial charge in [0.1, 0.15) is 0 Å². The molecular formula is C18H20O. The second-order valence-corrected chi connectivity index (χ2v) is 4.94. The maximum absolute atomic E-state index is 11.4. The van der Waals surface area contributed by atoms with Crippen LogP contribution in [0.4, 0.5) is 0 Å². The number of carbonyl (C=O) groups excluding carboxylic acids is 1. The first-order valence-corrected chi connectivity index (χ1v) is 6.91. The van der Waals surface area contributed by atoms with E-state index in [1.807, 2.05) is 24.3 Å². The van der Waals surface area contributed by atoms with E-state index < -0.39 is 0 Å². The lowest BCUT2D eigenvalue weighted by Gasteiger charge is -2.05. The molecule has 0 radical (unpaired) electrons. The highest BCUT2D eigenvalue weighted by molar-refractivity contribution is 5.95. The summed E-state index contributed by atoms with van der Waals surface area (Å²) in [6.45, 7) is 3.81. The number of unbranched alkanes of at least 4 members (excludes halogenated alkanes) is 1. The molecule has 0 heterocycles. The van der Waals surface area contributed by atoms with E-state index in [9.17, 15) is 4.79 Å². The van der Waals surface area contributed by atoms with Crippen molar-refractivity contribution >= 4 is 5.78 Å². The lowest BCUT2D eigenvalue weighted by atomic mass is 9.99. The van der Waals surface area contributed by atoms with Crippen molar-refractivity contribution in [3.8, 4) is 11.1 Å². The van der Waals surface area contributed by atoms with Gasteiger partial charge in [-0.05, 0) is 42.5 Å². The second kappa shape index (κ2) is 6.33. The maximum atomic E-state index is 11.4. The lowest BCUT2D eigenvalue weighted by Crippen LogP contribution is -1.92. The molecule has 0 saturated carbocycles. The Bertz CT molecular complexity index is 552. The summed E-state index contributed by atoms with van der Waals surface area (Å²) in [6.07, 6.45) is 3.60. The fourth-order valence-electron chi connectivity index (χ4n) is 2.16. The second-order valence-electron chi connectivity index (χ2n) is 4.94. The van der Waals surface area contributed by atoms with E-state index in [2.05, 4.69) is 31.2 Å². The molecular weight excluding hydrogens is 232 g/mol. The summed E-state index contributed by atoms with van der Waals surface area (Å²) in [5.74, 6) is 0.112. The number of ketones is 1. The number of aryl methyl sites for hydroxylation is 1. The van der Waals surface area contributed by atoms with Gasteiger partial charge in [-0.15, -0.1) is 0 Å². The van der Waals surface area contributed by atoms with E-state index in [0.29, 0.717) is 0 Å². The van der Waals surface area contributed by atoms with Crippen LogP contribution in [-0.2, 0) is 6.42 Å². The quantitative estimate of drug-likeness (QED) is 0.692. The first kappa shape index (κ1) is 13.5. The molecule has 2 rings (SSSR count). The van der Waals surface area contributed by atoms with Crippen LogP contribution < -0.4 is 0 Å². The van der Waals surface area contributed by atoms with Crippen LogP contribution in [0.15, 0.2) is 48.5 Å². The van der Waals surface area contributed by atoms with Crippen molar-refractivity contribution in [1.82, 2.24) is 0 Å². The summed E-state index contributed by atoms with van der Waals surface area (Å²) in [5, 5.41) is 0. The topological polar surface area (TPSA) is 17.1 Å².